The number of carbonyl (C=O) groups is 1. The van der Waals surface area contributed by atoms with Crippen LogP contribution in [0.5, 0.6) is 0 Å². The van der Waals surface area contributed by atoms with Crippen molar-refractivity contribution in [2.24, 2.45) is 12.8 Å². The summed E-state index contributed by atoms with van der Waals surface area (Å²) < 4.78 is 1.64. The van der Waals surface area contributed by atoms with E-state index in [9.17, 15) is 4.79 Å². The van der Waals surface area contributed by atoms with Gasteiger partial charge in [0.05, 0.1) is 6.20 Å². The van der Waals surface area contributed by atoms with Gasteiger partial charge in [-0.05, 0) is 26.8 Å². The summed E-state index contributed by atoms with van der Waals surface area (Å²) in [4.78, 5) is 14.3. The van der Waals surface area contributed by atoms with Gasteiger partial charge in [-0.15, -0.1) is 0 Å². The van der Waals surface area contributed by atoms with Crippen LogP contribution in [0.2, 0.25) is 0 Å². The Morgan fingerprint density at radius 3 is 2.89 bits per heavy atom. The molecule has 6 nitrogen and oxygen atoms in total. The summed E-state index contributed by atoms with van der Waals surface area (Å²) in [6.45, 7) is 2.74. The molecule has 0 spiro atoms. The summed E-state index contributed by atoms with van der Waals surface area (Å²) >= 11 is 0. The average Bonchev–Trinajstić information content (AvgIpc) is 3.16. The normalized spacial score (nSPS) is 18.4. The van der Waals surface area contributed by atoms with E-state index >= 15 is 0 Å². The van der Waals surface area contributed by atoms with Gasteiger partial charge in [-0.2, -0.15) is 5.10 Å². The zero-order valence-corrected chi connectivity index (χ0v) is 11.8. The quantitative estimate of drug-likeness (QED) is 0.760. The molecule has 1 aromatic heterocycles. The molecule has 1 amide bonds. The van der Waals surface area contributed by atoms with Gasteiger partial charge in [0, 0.05) is 37.4 Å². The molecule has 2 rings (SSSR count). The molecular weight excluding hydrogens is 242 g/mol. The van der Waals surface area contributed by atoms with E-state index in [1.165, 1.54) is 12.8 Å². The van der Waals surface area contributed by atoms with E-state index in [1.54, 1.807) is 24.1 Å². The lowest BCUT2D eigenvalue weighted by Crippen LogP contribution is -2.43. The number of nitrogens with zero attached hydrogens (tertiary/aromatic N) is 3. The van der Waals surface area contributed by atoms with Gasteiger partial charge >= 0.3 is 0 Å². The highest BCUT2D eigenvalue weighted by Crippen LogP contribution is 2.26. The van der Waals surface area contributed by atoms with Gasteiger partial charge in [0.2, 0.25) is 5.91 Å². The lowest BCUT2D eigenvalue weighted by atomic mass is 10.1. The van der Waals surface area contributed by atoms with Gasteiger partial charge < -0.3 is 11.1 Å². The maximum atomic E-state index is 12.0. The van der Waals surface area contributed by atoms with Crippen molar-refractivity contribution < 1.29 is 4.79 Å². The fraction of sp³-hybridized carbons (Fsp3) is 0.692. The molecule has 0 aromatic carbocycles. The first-order chi connectivity index (χ1) is 8.99. The van der Waals surface area contributed by atoms with Gasteiger partial charge in [0.1, 0.15) is 6.04 Å². The van der Waals surface area contributed by atoms with Crippen molar-refractivity contribution in [1.82, 2.24) is 20.0 Å². The molecule has 1 aromatic rings. The molecule has 6 heteroatoms. The van der Waals surface area contributed by atoms with Crippen molar-refractivity contribution >= 4 is 5.91 Å². The lowest BCUT2D eigenvalue weighted by molar-refractivity contribution is -0.122. The maximum absolute atomic E-state index is 12.0. The van der Waals surface area contributed by atoms with Crippen LogP contribution in [0, 0.1) is 0 Å². The van der Waals surface area contributed by atoms with Crippen LogP contribution in [0.25, 0.3) is 0 Å². The largest absolute Gasteiger partial charge is 0.353 e. The highest BCUT2D eigenvalue weighted by molar-refractivity contribution is 5.82. The number of nitrogens with two attached hydrogens (primary N) is 1. The first kappa shape index (κ1) is 14.0. The number of hydrogen-bond acceptors (Lipinski definition) is 4. The third-order valence-electron chi connectivity index (χ3n) is 3.76. The monoisotopic (exact) mass is 265 g/mol. The lowest BCUT2D eigenvalue weighted by Gasteiger charge is -2.25. The zero-order valence-electron chi connectivity index (χ0n) is 11.8. The molecule has 0 bridgehead atoms. The third-order valence-corrected chi connectivity index (χ3v) is 3.76. The van der Waals surface area contributed by atoms with Crippen molar-refractivity contribution in [2.45, 2.75) is 37.9 Å². The van der Waals surface area contributed by atoms with Gasteiger partial charge in [-0.3, -0.25) is 14.4 Å². The molecular formula is C13H23N5O. The van der Waals surface area contributed by atoms with Crippen LogP contribution in [0.1, 0.15) is 31.4 Å². The van der Waals surface area contributed by atoms with Gasteiger partial charge in [-0.25, -0.2) is 0 Å². The minimum absolute atomic E-state index is 0.149. The number of amides is 1. The van der Waals surface area contributed by atoms with Crippen LogP contribution >= 0.6 is 0 Å². The van der Waals surface area contributed by atoms with Crippen LogP contribution in [0.3, 0.4) is 0 Å². The number of aryl methyl sites for hydroxylation is 1. The van der Waals surface area contributed by atoms with Crippen LogP contribution in [0.15, 0.2) is 12.4 Å². The Balaban J connectivity index is 1.80. The molecule has 1 saturated carbocycles. The van der Waals surface area contributed by atoms with Crippen LogP contribution in [0.4, 0.5) is 0 Å². The number of likely N-dealkylation sites (N-methyl/N-ethyl adjacent to an activating group) is 1. The standard InChI is InChI=1S/C13H23N5O/c1-9(18(3)11-4-5-11)6-15-13(19)12(14)10-7-16-17(2)8-10/h7-9,11-12H,4-6,14H2,1-3H3,(H,15,19). The minimum Gasteiger partial charge on any atom is -0.353 e. The second-order valence-electron chi connectivity index (χ2n) is 5.42. The van der Waals surface area contributed by atoms with Crippen LogP contribution < -0.4 is 11.1 Å². The maximum Gasteiger partial charge on any atom is 0.241 e. The predicted octanol–water partition coefficient (Wildman–Crippen LogP) is 0.0188. The Morgan fingerprint density at radius 1 is 1.68 bits per heavy atom. The summed E-state index contributed by atoms with van der Waals surface area (Å²) in [5.41, 5.74) is 6.65. The molecule has 2 unspecified atom stereocenters. The number of rotatable bonds is 6. The molecule has 1 heterocycles. The number of hydrogen-bond donors (Lipinski definition) is 2. The smallest absolute Gasteiger partial charge is 0.241 e. The molecule has 1 aliphatic carbocycles. The fourth-order valence-corrected chi connectivity index (χ4v) is 2.10. The summed E-state index contributed by atoms with van der Waals surface area (Å²) in [6, 6.07) is 0.378. The van der Waals surface area contributed by atoms with Gasteiger partial charge in [0.15, 0.2) is 0 Å². The molecule has 19 heavy (non-hydrogen) atoms. The second kappa shape index (κ2) is 5.71. The van der Waals surface area contributed by atoms with E-state index in [-0.39, 0.29) is 5.91 Å². The van der Waals surface area contributed by atoms with E-state index in [0.29, 0.717) is 18.6 Å². The van der Waals surface area contributed by atoms with Crippen molar-refractivity contribution in [3.63, 3.8) is 0 Å². The number of nitrogens with one attached hydrogen (secondary N) is 1. The molecule has 1 aliphatic rings. The average molecular weight is 265 g/mol. The summed E-state index contributed by atoms with van der Waals surface area (Å²) in [5.74, 6) is -0.149. The predicted molar refractivity (Wildman–Crippen MR) is 73.4 cm³/mol. The van der Waals surface area contributed by atoms with Gasteiger partial charge in [0.25, 0.3) is 0 Å². The highest BCUT2D eigenvalue weighted by Gasteiger charge is 2.29. The first-order valence-electron chi connectivity index (χ1n) is 6.73. The Hall–Kier alpha value is -1.40. The molecule has 106 valence electrons. The molecule has 0 radical (unpaired) electrons. The summed E-state index contributed by atoms with van der Waals surface area (Å²) in [7, 11) is 3.91. The zero-order chi connectivity index (χ0) is 14.0. The van der Waals surface area contributed by atoms with E-state index < -0.39 is 6.04 Å². The Bertz CT molecular complexity index is 440. The fourth-order valence-electron chi connectivity index (χ4n) is 2.10. The third kappa shape index (κ3) is 3.54. The Kier molecular flexibility index (Phi) is 4.21. The highest BCUT2D eigenvalue weighted by atomic mass is 16.2. The minimum atomic E-state index is -0.646. The summed E-state index contributed by atoms with van der Waals surface area (Å²) in [5, 5.41) is 6.93. The molecule has 3 N–H and O–H groups in total. The van der Waals surface area contributed by atoms with Crippen molar-refractivity contribution in [1.29, 1.82) is 0 Å². The Labute approximate surface area is 113 Å². The second-order valence-corrected chi connectivity index (χ2v) is 5.42. The van der Waals surface area contributed by atoms with Crippen molar-refractivity contribution in [2.75, 3.05) is 13.6 Å². The van der Waals surface area contributed by atoms with Gasteiger partial charge in [-0.1, -0.05) is 0 Å². The molecule has 0 saturated heterocycles. The topological polar surface area (TPSA) is 76.2 Å². The van der Waals surface area contributed by atoms with E-state index in [0.717, 1.165) is 5.56 Å². The summed E-state index contributed by atoms with van der Waals surface area (Å²) in [6.07, 6.45) is 5.93. The molecule has 2 atom stereocenters. The van der Waals surface area contributed by atoms with Crippen LogP contribution in [-0.2, 0) is 11.8 Å². The van der Waals surface area contributed by atoms with Crippen LogP contribution in [-0.4, -0.2) is 46.3 Å². The van der Waals surface area contributed by atoms with E-state index in [4.69, 9.17) is 5.73 Å². The number of aromatic nitrogens is 2. The van der Waals surface area contributed by atoms with Crippen molar-refractivity contribution in [3.8, 4) is 0 Å². The Morgan fingerprint density at radius 2 is 2.37 bits per heavy atom. The first-order valence-corrected chi connectivity index (χ1v) is 6.73. The van der Waals surface area contributed by atoms with Crippen molar-refractivity contribution in [3.05, 3.63) is 18.0 Å². The number of carbonyl (C=O) groups excluding carboxylic acids is 1. The SMILES string of the molecule is CC(CNC(=O)C(N)c1cnn(C)c1)N(C)C1CC1. The van der Waals surface area contributed by atoms with E-state index in [2.05, 4.69) is 29.3 Å². The van der Waals surface area contributed by atoms with E-state index in [1.807, 2.05) is 0 Å². The molecule has 0 aliphatic heterocycles. The molecule has 1 fully saturated rings.